The number of rotatable bonds is 14. The van der Waals surface area contributed by atoms with Gasteiger partial charge in [0.15, 0.2) is 0 Å². The molecule has 0 fully saturated rings. The Hall–Kier alpha value is -1.30. The van der Waals surface area contributed by atoms with Gasteiger partial charge in [-0.15, -0.1) is 0 Å². The molecule has 0 saturated carbocycles. The van der Waals surface area contributed by atoms with Gasteiger partial charge in [-0.1, -0.05) is 36.4 Å². The Bertz CT molecular complexity index is 542. The molecule has 1 N–H and O–H groups in total. The van der Waals surface area contributed by atoms with Crippen LogP contribution < -0.4 is 15.1 Å². The van der Waals surface area contributed by atoms with Crippen molar-refractivity contribution in [2.75, 3.05) is 60.6 Å². The van der Waals surface area contributed by atoms with Gasteiger partial charge in [0.25, 0.3) is 0 Å². The number of hydrogen-bond acceptors (Lipinski definition) is 5. The molecule has 0 unspecified atom stereocenters. The van der Waals surface area contributed by atoms with Crippen LogP contribution in [0.5, 0.6) is 0 Å². The number of thiol groups is 2. The van der Waals surface area contributed by atoms with Gasteiger partial charge < -0.3 is 15.1 Å². The normalized spacial score (nSPS) is 10.7. The van der Waals surface area contributed by atoms with E-state index in [1.807, 2.05) is 0 Å². The van der Waals surface area contributed by atoms with Crippen LogP contribution in [0.15, 0.2) is 60.7 Å². The molecule has 2 aromatic rings. The Balaban J connectivity index is 1.63. The van der Waals surface area contributed by atoms with Gasteiger partial charge in [-0.05, 0) is 50.2 Å². The van der Waals surface area contributed by atoms with E-state index in [-0.39, 0.29) is 0 Å². The lowest BCUT2D eigenvalue weighted by Gasteiger charge is -2.25. The zero-order valence-electron chi connectivity index (χ0n) is 16.1. The van der Waals surface area contributed by atoms with Crippen molar-refractivity contribution in [2.45, 2.75) is 12.8 Å². The minimum absolute atomic E-state index is 0.878. The van der Waals surface area contributed by atoms with Crippen LogP contribution in [0.2, 0.25) is 0 Å². The lowest BCUT2D eigenvalue weighted by Crippen LogP contribution is -2.31. The van der Waals surface area contributed by atoms with Gasteiger partial charge in [-0.3, -0.25) is 0 Å². The van der Waals surface area contributed by atoms with Crippen LogP contribution in [-0.4, -0.2) is 50.8 Å². The number of anilines is 2. The van der Waals surface area contributed by atoms with Crippen molar-refractivity contribution in [3.63, 3.8) is 0 Å². The minimum atomic E-state index is 0.878. The first-order valence-electron chi connectivity index (χ1n) is 9.87. The van der Waals surface area contributed by atoms with Gasteiger partial charge >= 0.3 is 0 Å². The zero-order chi connectivity index (χ0) is 19.2. The molecule has 148 valence electrons. The van der Waals surface area contributed by atoms with Gasteiger partial charge in [0, 0.05) is 49.1 Å². The summed E-state index contributed by atoms with van der Waals surface area (Å²) < 4.78 is 0. The van der Waals surface area contributed by atoms with Crippen molar-refractivity contribution < 1.29 is 0 Å². The molecular weight excluding hydrogens is 370 g/mol. The van der Waals surface area contributed by atoms with E-state index in [0.717, 1.165) is 63.6 Å². The van der Waals surface area contributed by atoms with E-state index in [4.69, 9.17) is 0 Å². The van der Waals surface area contributed by atoms with Crippen molar-refractivity contribution in [3.8, 4) is 0 Å². The minimum Gasteiger partial charge on any atom is -0.371 e. The largest absolute Gasteiger partial charge is 0.371 e. The van der Waals surface area contributed by atoms with Crippen LogP contribution in [0.3, 0.4) is 0 Å². The van der Waals surface area contributed by atoms with Crippen molar-refractivity contribution >= 4 is 36.6 Å². The highest BCUT2D eigenvalue weighted by Crippen LogP contribution is 2.14. The molecule has 0 aliphatic rings. The summed E-state index contributed by atoms with van der Waals surface area (Å²) in [4.78, 5) is 4.83. The van der Waals surface area contributed by atoms with Crippen molar-refractivity contribution in [1.29, 1.82) is 0 Å². The molecule has 0 spiro atoms. The Labute approximate surface area is 176 Å². The van der Waals surface area contributed by atoms with E-state index in [1.165, 1.54) is 11.4 Å². The summed E-state index contributed by atoms with van der Waals surface area (Å²) in [5.74, 6) is 1.76. The van der Waals surface area contributed by atoms with E-state index in [2.05, 4.69) is 101 Å². The number of nitrogens with zero attached hydrogens (tertiary/aromatic N) is 2. The highest BCUT2D eigenvalue weighted by atomic mass is 32.1. The Morgan fingerprint density at radius 3 is 1.37 bits per heavy atom. The predicted molar refractivity (Wildman–Crippen MR) is 127 cm³/mol. The molecule has 2 aromatic carbocycles. The molecule has 0 saturated heterocycles. The van der Waals surface area contributed by atoms with E-state index >= 15 is 0 Å². The van der Waals surface area contributed by atoms with Crippen LogP contribution in [0.1, 0.15) is 12.8 Å². The molecule has 0 heterocycles. The molecule has 0 bridgehead atoms. The first-order valence-corrected chi connectivity index (χ1v) is 11.1. The maximum absolute atomic E-state index is 4.40. The third-order valence-electron chi connectivity index (χ3n) is 4.55. The van der Waals surface area contributed by atoms with E-state index in [1.54, 1.807) is 0 Å². The number of nitrogens with one attached hydrogen (secondary N) is 1. The van der Waals surface area contributed by atoms with Crippen molar-refractivity contribution in [1.82, 2.24) is 5.32 Å². The van der Waals surface area contributed by atoms with Crippen molar-refractivity contribution in [3.05, 3.63) is 60.7 Å². The van der Waals surface area contributed by atoms with Crippen LogP contribution in [0.25, 0.3) is 0 Å². The summed E-state index contributed by atoms with van der Waals surface area (Å²) in [6.07, 6.45) is 2.28. The lowest BCUT2D eigenvalue weighted by molar-refractivity contribution is 0.609. The number of hydrogen-bond donors (Lipinski definition) is 3. The molecule has 0 amide bonds. The summed E-state index contributed by atoms with van der Waals surface area (Å²) >= 11 is 8.80. The maximum Gasteiger partial charge on any atom is 0.0366 e. The summed E-state index contributed by atoms with van der Waals surface area (Å²) in [5, 5.41) is 3.59. The molecule has 0 aromatic heterocycles. The van der Waals surface area contributed by atoms with Gasteiger partial charge in [-0.2, -0.15) is 25.3 Å². The summed E-state index contributed by atoms with van der Waals surface area (Å²) in [6.45, 7) is 6.20. The van der Waals surface area contributed by atoms with Crippen LogP contribution in [0.4, 0.5) is 11.4 Å². The van der Waals surface area contributed by atoms with Crippen molar-refractivity contribution in [2.24, 2.45) is 0 Å². The zero-order valence-corrected chi connectivity index (χ0v) is 17.9. The Kier molecular flexibility index (Phi) is 11.2. The second-order valence-corrected chi connectivity index (χ2v) is 7.44. The molecule has 27 heavy (non-hydrogen) atoms. The quantitative estimate of drug-likeness (QED) is 0.324. The standard InChI is InChI=1S/C22H33N3S2/c26-19-17-24(21-9-3-1-4-10-21)15-7-13-23-14-8-16-25(18-20-27)22-11-5-2-6-12-22/h1-6,9-12,23,26-27H,7-8,13-20H2. The maximum atomic E-state index is 4.40. The van der Waals surface area contributed by atoms with Gasteiger partial charge in [0.1, 0.15) is 0 Å². The molecule has 5 heteroatoms. The second-order valence-electron chi connectivity index (χ2n) is 6.55. The van der Waals surface area contributed by atoms with Crippen LogP contribution >= 0.6 is 25.3 Å². The SMILES string of the molecule is SCCN(CCCNCCCN(CCS)c1ccccc1)c1ccccc1. The fourth-order valence-electron chi connectivity index (χ4n) is 3.17. The fourth-order valence-corrected chi connectivity index (χ4v) is 3.66. The van der Waals surface area contributed by atoms with Gasteiger partial charge in [0.2, 0.25) is 0 Å². The highest BCUT2D eigenvalue weighted by Gasteiger charge is 2.06. The molecule has 0 radical (unpaired) electrons. The van der Waals surface area contributed by atoms with E-state index in [0.29, 0.717) is 0 Å². The first-order chi connectivity index (χ1) is 13.3. The third kappa shape index (κ3) is 8.50. The van der Waals surface area contributed by atoms with Gasteiger partial charge in [-0.25, -0.2) is 0 Å². The first kappa shape index (κ1) is 22.0. The highest BCUT2D eigenvalue weighted by molar-refractivity contribution is 7.80. The number of para-hydroxylation sites is 2. The third-order valence-corrected chi connectivity index (χ3v) is 4.95. The molecule has 2 rings (SSSR count). The van der Waals surface area contributed by atoms with E-state index in [9.17, 15) is 0 Å². The Morgan fingerprint density at radius 2 is 1.00 bits per heavy atom. The summed E-state index contributed by atoms with van der Waals surface area (Å²) in [6, 6.07) is 21.2. The van der Waals surface area contributed by atoms with Crippen LogP contribution in [-0.2, 0) is 0 Å². The summed E-state index contributed by atoms with van der Waals surface area (Å²) in [7, 11) is 0. The van der Waals surface area contributed by atoms with E-state index < -0.39 is 0 Å². The molecule has 3 nitrogen and oxygen atoms in total. The molecular formula is C22H33N3S2. The smallest absolute Gasteiger partial charge is 0.0366 e. The van der Waals surface area contributed by atoms with Gasteiger partial charge in [0.05, 0.1) is 0 Å². The summed E-state index contributed by atoms with van der Waals surface area (Å²) in [5.41, 5.74) is 2.58. The predicted octanol–water partition coefficient (Wildman–Crippen LogP) is 4.23. The second kappa shape index (κ2) is 13.8. The van der Waals surface area contributed by atoms with Crippen LogP contribution in [0, 0.1) is 0 Å². The number of benzene rings is 2. The fraction of sp³-hybridized carbons (Fsp3) is 0.455. The average Bonchev–Trinajstić information content (AvgIpc) is 2.72. The average molecular weight is 404 g/mol. The monoisotopic (exact) mass is 403 g/mol. The topological polar surface area (TPSA) is 18.5 Å². The molecule has 0 atom stereocenters. The Morgan fingerprint density at radius 1 is 0.593 bits per heavy atom. The lowest BCUT2D eigenvalue weighted by atomic mass is 10.2. The molecule has 0 aliphatic carbocycles. The molecule has 0 aliphatic heterocycles.